The molecule has 3 heteroatoms. The van der Waals surface area contributed by atoms with Crippen LogP contribution in [0.3, 0.4) is 0 Å². The Bertz CT molecular complexity index is 714. The third-order valence-electron chi connectivity index (χ3n) is 8.61. The molecule has 2 nitrogen and oxygen atoms in total. The van der Waals surface area contributed by atoms with Crippen LogP contribution >= 0.6 is 22.6 Å². The molecule has 0 bridgehead atoms. The topological polar surface area (TPSA) is 29.5 Å². The fourth-order valence-electron chi connectivity index (χ4n) is 7.07. The largest absolute Gasteiger partial charge is 0.496 e. The smallest absolute Gasteiger partial charge is 0.111 e. The van der Waals surface area contributed by atoms with Gasteiger partial charge in [-0.3, -0.25) is 0 Å². The normalized spacial score (nSPS) is 41.6. The average Bonchev–Trinajstić information content (AvgIpc) is 3.03. The van der Waals surface area contributed by atoms with Gasteiger partial charge in [-0.25, -0.2) is 0 Å². The zero-order chi connectivity index (χ0) is 19.8. The number of hydrogen-bond acceptors (Lipinski definition) is 2. The van der Waals surface area contributed by atoms with Crippen LogP contribution in [0.25, 0.3) is 0 Å². The highest BCUT2D eigenvalue weighted by molar-refractivity contribution is 14.1. The van der Waals surface area contributed by atoms with Crippen molar-refractivity contribution < 1.29 is 9.84 Å². The fourth-order valence-corrected chi connectivity index (χ4v) is 7.34. The van der Waals surface area contributed by atoms with Crippen molar-refractivity contribution in [1.82, 2.24) is 0 Å². The van der Waals surface area contributed by atoms with Gasteiger partial charge in [0.1, 0.15) is 6.61 Å². The number of halogens is 1. The minimum absolute atomic E-state index is 0.0977. The van der Waals surface area contributed by atoms with Gasteiger partial charge in [0.25, 0.3) is 0 Å². The van der Waals surface area contributed by atoms with Crippen molar-refractivity contribution >= 4 is 22.6 Å². The summed E-state index contributed by atoms with van der Waals surface area (Å²) in [7, 11) is 0. The second-order valence-electron chi connectivity index (χ2n) is 9.81. The molecule has 0 saturated heterocycles. The number of fused-ring (bicyclic) bond motifs is 5. The molecule has 4 aliphatic rings. The second kappa shape index (κ2) is 8.34. The molecule has 6 atom stereocenters. The molecular formula is C25H35IO2. The molecule has 0 amide bonds. The summed E-state index contributed by atoms with van der Waals surface area (Å²) in [5.74, 6) is 11.3. The van der Waals surface area contributed by atoms with Crippen LogP contribution in [0.2, 0.25) is 0 Å². The Morgan fingerprint density at radius 2 is 2.07 bits per heavy atom. The van der Waals surface area contributed by atoms with Crippen LogP contribution in [-0.2, 0) is 4.74 Å². The van der Waals surface area contributed by atoms with Crippen LogP contribution in [0.15, 0.2) is 23.5 Å². The Morgan fingerprint density at radius 1 is 1.21 bits per heavy atom. The molecular weight excluding hydrogens is 459 g/mol. The van der Waals surface area contributed by atoms with Crippen LogP contribution in [0, 0.1) is 46.3 Å². The van der Waals surface area contributed by atoms with Gasteiger partial charge in [0.2, 0.25) is 0 Å². The molecule has 0 heterocycles. The maximum Gasteiger partial charge on any atom is 0.111 e. The standard InChI is InChI=1S/C25H35IO2/c1-24-13-11-23-21(22(24)9-7-18(24)5-3-4-14-26)8-6-19-17-20(28-16-15-27)10-12-25(19,23)2/h6,17-18,21-23,27H,4,7-16H2,1-2H3/t18-,21+,22+,23+,24-,25+/m1/s1. The fraction of sp³-hybridized carbons (Fsp3) is 0.760. The van der Waals surface area contributed by atoms with Gasteiger partial charge in [0.15, 0.2) is 0 Å². The van der Waals surface area contributed by atoms with E-state index in [0.717, 1.165) is 40.8 Å². The van der Waals surface area contributed by atoms with Gasteiger partial charge in [-0.1, -0.05) is 48.4 Å². The lowest BCUT2D eigenvalue weighted by Crippen LogP contribution is -2.49. The maximum atomic E-state index is 9.06. The summed E-state index contributed by atoms with van der Waals surface area (Å²) in [6.07, 6.45) is 14.7. The molecule has 0 aliphatic heterocycles. The lowest BCUT2D eigenvalue weighted by atomic mass is 9.48. The van der Waals surface area contributed by atoms with Crippen LogP contribution in [0.1, 0.15) is 65.2 Å². The van der Waals surface area contributed by atoms with Gasteiger partial charge in [-0.2, -0.15) is 0 Å². The first-order chi connectivity index (χ1) is 13.5. The molecule has 0 spiro atoms. The zero-order valence-electron chi connectivity index (χ0n) is 17.5. The quantitative estimate of drug-likeness (QED) is 0.300. The van der Waals surface area contributed by atoms with Crippen molar-refractivity contribution in [2.24, 2.45) is 34.5 Å². The van der Waals surface area contributed by atoms with Gasteiger partial charge in [0, 0.05) is 23.2 Å². The minimum atomic E-state index is 0.0977. The van der Waals surface area contributed by atoms with E-state index in [9.17, 15) is 0 Å². The van der Waals surface area contributed by atoms with Crippen molar-refractivity contribution in [1.29, 1.82) is 0 Å². The van der Waals surface area contributed by atoms with Crippen molar-refractivity contribution in [2.45, 2.75) is 65.2 Å². The monoisotopic (exact) mass is 494 g/mol. The van der Waals surface area contributed by atoms with E-state index < -0.39 is 0 Å². The van der Waals surface area contributed by atoms with Gasteiger partial charge in [-0.15, -0.1) is 5.92 Å². The number of aliphatic hydroxyl groups is 1. The molecule has 2 fully saturated rings. The molecule has 4 aliphatic carbocycles. The van der Waals surface area contributed by atoms with Crippen LogP contribution < -0.4 is 0 Å². The maximum absolute atomic E-state index is 9.06. The lowest BCUT2D eigenvalue weighted by Gasteiger charge is -2.56. The summed E-state index contributed by atoms with van der Waals surface area (Å²) in [6.45, 7) is 5.60. The zero-order valence-corrected chi connectivity index (χ0v) is 19.6. The van der Waals surface area contributed by atoms with Gasteiger partial charge in [0.05, 0.1) is 12.4 Å². The summed E-state index contributed by atoms with van der Waals surface area (Å²) >= 11 is 2.43. The molecule has 4 rings (SSSR count). The predicted molar refractivity (Wildman–Crippen MR) is 123 cm³/mol. The molecule has 1 N–H and O–H groups in total. The van der Waals surface area contributed by atoms with E-state index >= 15 is 0 Å². The molecule has 0 aromatic heterocycles. The van der Waals surface area contributed by atoms with Crippen LogP contribution in [-0.4, -0.2) is 22.7 Å². The number of alkyl halides is 1. The number of aliphatic hydroxyl groups excluding tert-OH is 1. The Balaban J connectivity index is 1.56. The van der Waals surface area contributed by atoms with Gasteiger partial charge in [-0.05, 0) is 78.8 Å². The average molecular weight is 494 g/mol. The van der Waals surface area contributed by atoms with E-state index in [4.69, 9.17) is 9.84 Å². The van der Waals surface area contributed by atoms with Gasteiger partial charge >= 0.3 is 0 Å². The Kier molecular flexibility index (Phi) is 6.19. The minimum Gasteiger partial charge on any atom is -0.496 e. The summed E-state index contributed by atoms with van der Waals surface area (Å²) in [6, 6.07) is 0. The molecule has 0 radical (unpaired) electrons. The first-order valence-corrected chi connectivity index (χ1v) is 12.7. The number of rotatable bonds is 4. The highest BCUT2D eigenvalue weighted by Gasteiger charge is 2.57. The summed E-state index contributed by atoms with van der Waals surface area (Å²) in [5.41, 5.74) is 2.25. The molecule has 0 unspecified atom stereocenters. The Hall–Kier alpha value is -0.470. The lowest BCUT2D eigenvalue weighted by molar-refractivity contribution is -0.0298. The molecule has 2 saturated carbocycles. The van der Waals surface area contributed by atoms with Gasteiger partial charge < -0.3 is 9.84 Å². The van der Waals surface area contributed by atoms with E-state index in [1.165, 1.54) is 44.1 Å². The second-order valence-corrected chi connectivity index (χ2v) is 10.9. The van der Waals surface area contributed by atoms with Crippen molar-refractivity contribution in [3.8, 4) is 11.8 Å². The Morgan fingerprint density at radius 3 is 2.86 bits per heavy atom. The summed E-state index contributed by atoms with van der Waals surface area (Å²) in [4.78, 5) is 0. The van der Waals surface area contributed by atoms with E-state index in [1.54, 1.807) is 0 Å². The Labute approximate surface area is 184 Å². The highest BCUT2D eigenvalue weighted by Crippen LogP contribution is 2.65. The van der Waals surface area contributed by atoms with E-state index in [0.29, 0.717) is 23.4 Å². The predicted octanol–water partition coefficient (Wildman–Crippen LogP) is 5.90. The van der Waals surface area contributed by atoms with E-state index in [-0.39, 0.29) is 6.61 Å². The van der Waals surface area contributed by atoms with Crippen molar-refractivity contribution in [3.05, 3.63) is 23.5 Å². The number of ether oxygens (including phenoxy) is 1. The summed E-state index contributed by atoms with van der Waals surface area (Å²) in [5, 5.41) is 9.06. The molecule has 154 valence electrons. The van der Waals surface area contributed by atoms with Crippen LogP contribution in [0.5, 0.6) is 0 Å². The first kappa shape index (κ1) is 20.8. The van der Waals surface area contributed by atoms with E-state index in [2.05, 4.69) is 60.4 Å². The highest BCUT2D eigenvalue weighted by atomic mass is 127. The number of allylic oxidation sites excluding steroid dienone is 4. The summed E-state index contributed by atoms with van der Waals surface area (Å²) < 4.78 is 6.91. The number of hydrogen-bond donors (Lipinski definition) is 1. The van der Waals surface area contributed by atoms with Crippen LogP contribution in [0.4, 0.5) is 0 Å². The molecule has 0 aromatic carbocycles. The third-order valence-corrected chi connectivity index (χ3v) is 9.15. The molecule has 0 aromatic rings. The SMILES string of the molecule is C[C@]12CC[C@H]3[C@@H](CC=C4C=C(OCCO)CC[C@@]43C)[C@@H]1CC[C@H]2C#CCCI. The third kappa shape index (κ3) is 3.47. The van der Waals surface area contributed by atoms with Crippen molar-refractivity contribution in [2.75, 3.05) is 17.6 Å². The molecule has 28 heavy (non-hydrogen) atoms. The van der Waals surface area contributed by atoms with Crippen molar-refractivity contribution in [3.63, 3.8) is 0 Å². The van der Waals surface area contributed by atoms with E-state index in [1.807, 2.05) is 0 Å². The first-order valence-electron chi connectivity index (χ1n) is 11.2.